The molecule has 0 amide bonds. The Morgan fingerprint density at radius 3 is 1.73 bits per heavy atom. The molecule has 0 radical (unpaired) electrons. The van der Waals surface area contributed by atoms with Crippen LogP contribution in [0.3, 0.4) is 0 Å². The quantitative estimate of drug-likeness (QED) is 0.112. The molecule has 1 saturated heterocycles. The molecular formula is C43H35OOsPS2+. The fourth-order valence-electron chi connectivity index (χ4n) is 5.79. The average molecular weight is 853 g/mol. The van der Waals surface area contributed by atoms with Crippen molar-refractivity contribution in [1.29, 1.82) is 0 Å². The van der Waals surface area contributed by atoms with Crippen molar-refractivity contribution in [2.75, 3.05) is 13.2 Å². The van der Waals surface area contributed by atoms with E-state index in [4.69, 9.17) is 4.74 Å². The molecule has 1 fully saturated rings. The van der Waals surface area contributed by atoms with Crippen molar-refractivity contribution in [1.82, 2.24) is 0 Å². The molecule has 3 aromatic carbocycles. The van der Waals surface area contributed by atoms with Crippen molar-refractivity contribution in [3.63, 3.8) is 0 Å². The molecule has 1 aliphatic heterocycles. The topological polar surface area (TPSA) is 9.23 Å². The van der Waals surface area contributed by atoms with Crippen LogP contribution in [0.2, 0.25) is 0 Å². The van der Waals surface area contributed by atoms with E-state index in [0.717, 1.165) is 15.8 Å². The van der Waals surface area contributed by atoms with Crippen LogP contribution in [0, 0.1) is 16.2 Å². The van der Waals surface area contributed by atoms with Crippen molar-refractivity contribution >= 4 is 64.1 Å². The molecular weight excluding hydrogens is 818 g/mol. The van der Waals surface area contributed by atoms with Crippen molar-refractivity contribution in [3.05, 3.63) is 175 Å². The molecule has 1 nitrogen and oxygen atoms in total. The zero-order valence-corrected chi connectivity index (χ0v) is 31.9. The molecule has 0 N–H and O–H groups in total. The number of hydrogen-bond donors (Lipinski definition) is 0. The molecule has 2 aromatic heterocycles. The zero-order valence-electron chi connectivity index (χ0n) is 26.9. The summed E-state index contributed by atoms with van der Waals surface area (Å²) in [6, 6.07) is 41.4. The van der Waals surface area contributed by atoms with E-state index in [1.807, 2.05) is 6.92 Å². The first-order valence-electron chi connectivity index (χ1n) is 15.8. The number of hydrogen-bond acceptors (Lipinski definition) is 3. The fraction of sp³-hybridized carbons (Fsp3) is 0.0930. The van der Waals surface area contributed by atoms with Gasteiger partial charge < -0.3 is 0 Å². The second-order valence-corrected chi connectivity index (χ2v) is 17.3. The number of thiophene rings is 2. The van der Waals surface area contributed by atoms with Crippen LogP contribution in [-0.2, 0) is 22.7 Å². The first kappa shape index (κ1) is 34.0. The molecule has 6 rings (SSSR count). The minimum atomic E-state index is -2.41. The van der Waals surface area contributed by atoms with Crippen LogP contribution in [0.1, 0.15) is 33.4 Å². The second kappa shape index (κ2) is 16.5. The standard InChI is InChI=1S/C43H35OPS2.Os/c1-4-15-40-24-25-42(46-40)28-29-43-27-26-41(47-43)23-22-35(30-36-32-44-31-34(36)5-2)33(3)45(37-16-9-6-10-17-37,38-18-11-7-12-19-38)39-20-13-8-14-21-39;/h4-21,24-30H,31-32H2,1-2H3;/q+1;/b15-4+,29-28+,34-5?,35-33?,36-30?;. The molecule has 1 aliphatic rings. The van der Waals surface area contributed by atoms with E-state index in [0.29, 0.717) is 13.2 Å². The predicted octanol–water partition coefficient (Wildman–Crippen LogP) is 10.0. The number of benzene rings is 3. The van der Waals surface area contributed by atoms with Gasteiger partial charge in [0.1, 0.15) is 0 Å². The van der Waals surface area contributed by atoms with E-state index >= 15 is 0 Å². The molecule has 0 unspecified atom stereocenters. The molecule has 48 heavy (non-hydrogen) atoms. The predicted molar refractivity (Wildman–Crippen MR) is 208 cm³/mol. The van der Waals surface area contributed by atoms with E-state index in [9.17, 15) is 0 Å². The molecule has 5 aromatic rings. The molecule has 0 atom stereocenters. The normalized spacial score (nSPS) is 15.5. The first-order chi connectivity index (χ1) is 23.6. The zero-order chi connectivity index (χ0) is 33.2. The Hall–Kier alpha value is -3.87. The third-order valence-electron chi connectivity index (χ3n) is 8.04. The number of allylic oxidation sites excluding steroid dienone is 5. The van der Waals surface area contributed by atoms with Gasteiger partial charge in [-0.3, -0.25) is 0 Å². The Bertz CT molecular complexity index is 2030. The number of ether oxygens (including phenoxy) is 1. The van der Waals surface area contributed by atoms with Gasteiger partial charge in [0, 0.05) is 4.88 Å². The van der Waals surface area contributed by atoms with Crippen molar-refractivity contribution in [2.24, 2.45) is 0 Å². The minimum absolute atomic E-state index is 0.573. The maximum atomic E-state index is 5.93. The van der Waals surface area contributed by atoms with Gasteiger partial charge in [-0.05, 0) is 19.1 Å². The molecule has 0 bridgehead atoms. The van der Waals surface area contributed by atoms with E-state index in [-0.39, 0.29) is 0 Å². The summed E-state index contributed by atoms with van der Waals surface area (Å²) in [7, 11) is -2.41. The van der Waals surface area contributed by atoms with E-state index in [1.54, 1.807) is 40.6 Å². The molecule has 237 valence electrons. The van der Waals surface area contributed by atoms with E-state index in [2.05, 4.69) is 175 Å². The van der Waals surface area contributed by atoms with Crippen LogP contribution in [0.15, 0.2) is 156 Å². The van der Waals surface area contributed by atoms with Crippen LogP contribution < -0.4 is 15.9 Å². The van der Waals surface area contributed by atoms with Crippen LogP contribution in [0.5, 0.6) is 0 Å². The van der Waals surface area contributed by atoms with Gasteiger partial charge in [0.15, 0.2) is 0 Å². The number of rotatable bonds is 8. The van der Waals surface area contributed by atoms with Crippen LogP contribution in [0.4, 0.5) is 0 Å². The molecule has 3 heterocycles. The van der Waals surface area contributed by atoms with Crippen molar-refractivity contribution < 1.29 is 22.7 Å². The van der Waals surface area contributed by atoms with Crippen LogP contribution in [0.25, 0.3) is 18.2 Å². The second-order valence-electron chi connectivity index (χ2n) is 11.0. The maximum absolute atomic E-state index is 5.93. The summed E-state index contributed by atoms with van der Waals surface area (Å²) in [6.07, 6.45) is 13.0. The van der Waals surface area contributed by atoms with E-state index in [1.165, 1.54) is 41.7 Å². The van der Waals surface area contributed by atoms with Gasteiger partial charge in [-0.15, -0.1) is 0 Å². The Morgan fingerprint density at radius 1 is 0.667 bits per heavy atom. The Labute approximate surface area is 303 Å². The summed E-state index contributed by atoms with van der Waals surface area (Å²) in [5.74, 6) is 7.28. The van der Waals surface area contributed by atoms with Gasteiger partial charge in [0.05, 0.1) is 0 Å². The third-order valence-corrected chi connectivity index (χ3v) is 15.4. The summed E-state index contributed by atoms with van der Waals surface area (Å²) >= 11 is 5.29. The Balaban J connectivity index is 1.55. The molecule has 5 heteroatoms. The van der Waals surface area contributed by atoms with Crippen LogP contribution >= 0.6 is 29.9 Å². The average Bonchev–Trinajstić information content (AvgIpc) is 3.91. The van der Waals surface area contributed by atoms with Gasteiger partial charge in [0.25, 0.3) is 0 Å². The van der Waals surface area contributed by atoms with Gasteiger partial charge in [-0.25, -0.2) is 0 Å². The molecule has 0 saturated carbocycles. The van der Waals surface area contributed by atoms with E-state index < -0.39 is 7.26 Å². The summed E-state index contributed by atoms with van der Waals surface area (Å²) in [6.45, 7) is 5.33. The monoisotopic (exact) mass is 854 g/mol. The van der Waals surface area contributed by atoms with Gasteiger partial charge in [-0.1, -0.05) is 6.08 Å². The van der Waals surface area contributed by atoms with Crippen molar-refractivity contribution in [3.8, 4) is 16.2 Å². The first-order valence-corrected chi connectivity index (χ1v) is 20.5. The van der Waals surface area contributed by atoms with Gasteiger partial charge in [-0.2, -0.15) is 0 Å². The van der Waals surface area contributed by atoms with Gasteiger partial charge in [0.2, 0.25) is 0 Å². The SMILES string of the molecule is CC=C1COCC1=CC(C#Cc1ccc(/C=C/c2ccc(/C=C/C)s2)s1)=C([C]#[Os])[P+](c1ccccc1)(c1ccccc1)c1ccccc1. The van der Waals surface area contributed by atoms with Crippen LogP contribution in [-0.4, -0.2) is 13.2 Å². The fourth-order valence-corrected chi connectivity index (χ4v) is 13.2. The van der Waals surface area contributed by atoms with Gasteiger partial charge >= 0.3 is 275 Å². The third kappa shape index (κ3) is 7.55. The summed E-state index contributed by atoms with van der Waals surface area (Å²) in [5, 5.41) is 4.96. The Kier molecular flexibility index (Phi) is 11.7. The summed E-state index contributed by atoms with van der Waals surface area (Å²) in [4.78, 5) is 4.71. The summed E-state index contributed by atoms with van der Waals surface area (Å²) < 4.78 is 9.71. The summed E-state index contributed by atoms with van der Waals surface area (Å²) in [5.41, 5.74) is 3.37. The van der Waals surface area contributed by atoms with Crippen molar-refractivity contribution in [2.45, 2.75) is 13.8 Å². The molecule has 0 spiro atoms. The Morgan fingerprint density at radius 2 is 1.19 bits per heavy atom. The molecule has 0 aliphatic carbocycles.